The molecule has 2 nitrogen and oxygen atoms in total. The van der Waals surface area contributed by atoms with E-state index in [2.05, 4.69) is 0 Å². The maximum Gasteiger partial charge on any atom is 0.330 e. The Balaban J connectivity index is 3.75. The molecule has 64 valence electrons. The average Bonchev–Trinajstić information content (AvgIpc) is 1.87. The lowest BCUT2D eigenvalue weighted by molar-refractivity contribution is -0.144. The fourth-order valence-electron chi connectivity index (χ4n) is 0.495. The summed E-state index contributed by atoms with van der Waals surface area (Å²) >= 11 is 0. The molecule has 0 saturated heterocycles. The Morgan fingerprint density at radius 2 is 1.91 bits per heavy atom. The third-order valence-corrected chi connectivity index (χ3v) is 1.54. The minimum absolute atomic E-state index is 0.00120. The van der Waals surface area contributed by atoms with Gasteiger partial charge in [0.25, 0.3) is 0 Å². The van der Waals surface area contributed by atoms with Crippen LogP contribution < -0.4 is 0 Å². The van der Waals surface area contributed by atoms with Crippen molar-refractivity contribution in [1.29, 1.82) is 0 Å². The maximum absolute atomic E-state index is 10.8. The Morgan fingerprint density at radius 1 is 1.36 bits per heavy atom. The van der Waals surface area contributed by atoms with Gasteiger partial charge in [-0.1, -0.05) is 19.9 Å². The van der Waals surface area contributed by atoms with Crippen molar-refractivity contribution in [2.45, 2.75) is 33.8 Å². The summed E-state index contributed by atoms with van der Waals surface area (Å²) in [5.74, 6) is 0.123. The molecule has 0 N–H and O–H groups in total. The number of carbonyl (C=O) groups excluding carboxylic acids is 1. The van der Waals surface area contributed by atoms with Gasteiger partial charge in [-0.2, -0.15) is 0 Å². The molecule has 0 amide bonds. The van der Waals surface area contributed by atoms with Crippen molar-refractivity contribution in [3.05, 3.63) is 12.2 Å². The summed E-state index contributed by atoms with van der Waals surface area (Å²) in [6.45, 7) is 7.73. The van der Waals surface area contributed by atoms with Crippen LogP contribution in [0.2, 0.25) is 0 Å². The topological polar surface area (TPSA) is 26.3 Å². The molecule has 0 heterocycles. The monoisotopic (exact) mass is 156 g/mol. The Kier molecular flexibility index (Phi) is 4.59. The molecule has 0 bridgehead atoms. The molecule has 0 unspecified atom stereocenters. The van der Waals surface area contributed by atoms with Gasteiger partial charge in [-0.05, 0) is 19.8 Å². The normalized spacial score (nSPS) is 13.9. The molecule has 1 atom stereocenters. The predicted octanol–water partition coefficient (Wildman–Crippen LogP) is 2.15. The van der Waals surface area contributed by atoms with Gasteiger partial charge in [0.15, 0.2) is 0 Å². The highest BCUT2D eigenvalue weighted by molar-refractivity contribution is 5.81. The molecule has 0 aliphatic carbocycles. The van der Waals surface area contributed by atoms with Gasteiger partial charge in [-0.3, -0.25) is 0 Å². The molecular weight excluding hydrogens is 140 g/mol. The van der Waals surface area contributed by atoms with Gasteiger partial charge in [0.1, 0.15) is 6.10 Å². The zero-order valence-corrected chi connectivity index (χ0v) is 7.63. The highest BCUT2D eigenvalue weighted by Gasteiger charge is 2.09. The first-order valence-electron chi connectivity index (χ1n) is 3.91. The van der Waals surface area contributed by atoms with E-state index >= 15 is 0 Å². The van der Waals surface area contributed by atoms with E-state index in [0.29, 0.717) is 5.92 Å². The largest absolute Gasteiger partial charge is 0.459 e. The van der Waals surface area contributed by atoms with Crippen LogP contribution in [0.4, 0.5) is 0 Å². The predicted molar refractivity (Wildman–Crippen MR) is 45.2 cm³/mol. The fraction of sp³-hybridized carbons (Fsp3) is 0.667. The molecule has 0 aromatic heterocycles. The van der Waals surface area contributed by atoms with Crippen LogP contribution in [0.3, 0.4) is 0 Å². The molecule has 0 aliphatic heterocycles. The zero-order valence-electron chi connectivity index (χ0n) is 7.63. The second kappa shape index (κ2) is 4.94. The molecule has 2 heteroatoms. The molecule has 0 aliphatic rings. The van der Waals surface area contributed by atoms with Crippen LogP contribution in [-0.4, -0.2) is 12.1 Å². The number of carbonyl (C=O) groups is 1. The summed E-state index contributed by atoms with van der Waals surface area (Å²) in [4.78, 5) is 10.8. The maximum atomic E-state index is 10.8. The first-order chi connectivity index (χ1) is 5.07. The molecule has 0 radical (unpaired) electrons. The summed E-state index contributed by atoms with van der Waals surface area (Å²) in [7, 11) is 0. The summed E-state index contributed by atoms with van der Waals surface area (Å²) in [6, 6.07) is 0. The molecule has 0 aromatic carbocycles. The van der Waals surface area contributed by atoms with E-state index in [1.165, 1.54) is 6.08 Å². The molecule has 11 heavy (non-hydrogen) atoms. The van der Waals surface area contributed by atoms with E-state index in [-0.39, 0.29) is 12.1 Å². The van der Waals surface area contributed by atoms with Crippen molar-refractivity contribution >= 4 is 5.97 Å². The summed E-state index contributed by atoms with van der Waals surface area (Å²) < 4.78 is 5.03. The van der Waals surface area contributed by atoms with E-state index in [0.717, 1.165) is 0 Å². The van der Waals surface area contributed by atoms with Gasteiger partial charge in [0.2, 0.25) is 0 Å². The van der Waals surface area contributed by atoms with Crippen LogP contribution in [0.1, 0.15) is 27.7 Å². The zero-order chi connectivity index (χ0) is 8.85. The van der Waals surface area contributed by atoms with Gasteiger partial charge in [-0.25, -0.2) is 4.79 Å². The molecular formula is C9H16O2. The van der Waals surface area contributed by atoms with Gasteiger partial charge in [-0.15, -0.1) is 0 Å². The molecule has 0 fully saturated rings. The molecule has 0 aromatic rings. The number of ether oxygens (including phenoxy) is 1. The number of rotatable bonds is 3. The second-order valence-electron chi connectivity index (χ2n) is 2.89. The Morgan fingerprint density at radius 3 is 2.27 bits per heavy atom. The number of esters is 1. The van der Waals surface area contributed by atoms with E-state index in [1.54, 1.807) is 13.0 Å². The quantitative estimate of drug-likeness (QED) is 0.462. The second-order valence-corrected chi connectivity index (χ2v) is 2.89. The standard InChI is InChI=1S/C9H16O2/c1-5-6-9(10)11-8(4)7(2)3/h5-8H,1-4H3/b6-5+/t8-/m1/s1. The lowest BCUT2D eigenvalue weighted by Crippen LogP contribution is -2.18. The van der Waals surface area contributed by atoms with Gasteiger partial charge in [0.05, 0.1) is 0 Å². The lowest BCUT2D eigenvalue weighted by Gasteiger charge is -2.14. The molecule has 0 spiro atoms. The average molecular weight is 156 g/mol. The van der Waals surface area contributed by atoms with Crippen LogP contribution in [0.5, 0.6) is 0 Å². The van der Waals surface area contributed by atoms with E-state index in [1.807, 2.05) is 20.8 Å². The van der Waals surface area contributed by atoms with Crippen molar-refractivity contribution in [2.75, 3.05) is 0 Å². The van der Waals surface area contributed by atoms with E-state index in [4.69, 9.17) is 4.74 Å². The first kappa shape index (κ1) is 10.2. The van der Waals surface area contributed by atoms with E-state index in [9.17, 15) is 4.79 Å². The highest BCUT2D eigenvalue weighted by atomic mass is 16.5. The van der Waals surface area contributed by atoms with Crippen molar-refractivity contribution < 1.29 is 9.53 Å². The van der Waals surface area contributed by atoms with Crippen molar-refractivity contribution in [1.82, 2.24) is 0 Å². The summed E-state index contributed by atoms with van der Waals surface area (Å²) in [5, 5.41) is 0. The Labute approximate surface area is 68.2 Å². The third kappa shape index (κ3) is 4.59. The fourth-order valence-corrected chi connectivity index (χ4v) is 0.495. The lowest BCUT2D eigenvalue weighted by atomic mass is 10.1. The van der Waals surface area contributed by atoms with Gasteiger partial charge >= 0.3 is 5.97 Å². The Hall–Kier alpha value is -0.790. The number of allylic oxidation sites excluding steroid dienone is 1. The minimum Gasteiger partial charge on any atom is -0.459 e. The molecule has 0 rings (SSSR count). The number of hydrogen-bond acceptors (Lipinski definition) is 2. The van der Waals surface area contributed by atoms with Crippen molar-refractivity contribution in [3.63, 3.8) is 0 Å². The van der Waals surface area contributed by atoms with Gasteiger partial charge < -0.3 is 4.74 Å². The van der Waals surface area contributed by atoms with Crippen LogP contribution in [0, 0.1) is 5.92 Å². The van der Waals surface area contributed by atoms with Crippen LogP contribution in [0.15, 0.2) is 12.2 Å². The van der Waals surface area contributed by atoms with Crippen LogP contribution in [-0.2, 0) is 9.53 Å². The third-order valence-electron chi connectivity index (χ3n) is 1.54. The van der Waals surface area contributed by atoms with E-state index < -0.39 is 0 Å². The molecule has 0 saturated carbocycles. The summed E-state index contributed by atoms with van der Waals surface area (Å²) in [5.41, 5.74) is 0. The minimum atomic E-state index is -0.256. The summed E-state index contributed by atoms with van der Waals surface area (Å²) in [6.07, 6.45) is 3.10. The van der Waals surface area contributed by atoms with Crippen molar-refractivity contribution in [2.24, 2.45) is 5.92 Å². The highest BCUT2D eigenvalue weighted by Crippen LogP contribution is 2.05. The Bertz CT molecular complexity index is 148. The van der Waals surface area contributed by atoms with Crippen LogP contribution in [0.25, 0.3) is 0 Å². The van der Waals surface area contributed by atoms with Crippen LogP contribution >= 0.6 is 0 Å². The first-order valence-corrected chi connectivity index (χ1v) is 3.91. The SMILES string of the molecule is C/C=C/C(=O)O[C@H](C)C(C)C. The van der Waals surface area contributed by atoms with Gasteiger partial charge in [0, 0.05) is 6.08 Å². The van der Waals surface area contributed by atoms with Crippen molar-refractivity contribution in [3.8, 4) is 0 Å². The number of hydrogen-bond donors (Lipinski definition) is 0. The smallest absolute Gasteiger partial charge is 0.330 e.